The van der Waals surface area contributed by atoms with Crippen molar-refractivity contribution in [3.63, 3.8) is 0 Å². The lowest BCUT2D eigenvalue weighted by Crippen LogP contribution is -2.46. The van der Waals surface area contributed by atoms with Crippen LogP contribution in [0.2, 0.25) is 0 Å². The van der Waals surface area contributed by atoms with E-state index in [-0.39, 0.29) is 0 Å². The Balaban J connectivity index is 2.13. The number of aliphatic hydroxyl groups is 2. The monoisotopic (exact) mass is 170 g/mol. The Bertz CT molecular complexity index is 169. The molecule has 0 aromatic rings. The van der Waals surface area contributed by atoms with Crippen molar-refractivity contribution in [2.45, 2.75) is 56.7 Å². The third-order valence-electron chi connectivity index (χ3n) is 3.58. The summed E-state index contributed by atoms with van der Waals surface area (Å²) in [4.78, 5) is 0. The molecule has 0 unspecified atom stereocenters. The van der Waals surface area contributed by atoms with Gasteiger partial charge in [-0.2, -0.15) is 0 Å². The lowest BCUT2D eigenvalue weighted by Gasteiger charge is -2.39. The van der Waals surface area contributed by atoms with E-state index >= 15 is 0 Å². The van der Waals surface area contributed by atoms with Crippen molar-refractivity contribution >= 4 is 0 Å². The molecule has 0 amide bonds. The lowest BCUT2D eigenvalue weighted by molar-refractivity contribution is -0.113. The number of rotatable bonds is 0. The normalized spacial score (nSPS) is 48.5. The van der Waals surface area contributed by atoms with Gasteiger partial charge in [-0.05, 0) is 31.6 Å². The predicted octanol–water partition coefficient (Wildman–Crippen LogP) is 1.45. The second kappa shape index (κ2) is 3.00. The molecule has 0 radical (unpaired) electrons. The van der Waals surface area contributed by atoms with Crippen molar-refractivity contribution in [1.82, 2.24) is 0 Å². The van der Waals surface area contributed by atoms with Crippen molar-refractivity contribution in [3.05, 3.63) is 0 Å². The molecule has 2 N–H and O–H groups in total. The SMILES string of the molecule is O[C@@H]1CC[C@H]2CCCC[C@]1(O)C2. The van der Waals surface area contributed by atoms with Crippen LogP contribution in [0.25, 0.3) is 0 Å². The Morgan fingerprint density at radius 3 is 2.75 bits per heavy atom. The highest BCUT2D eigenvalue weighted by Crippen LogP contribution is 2.41. The van der Waals surface area contributed by atoms with Gasteiger partial charge >= 0.3 is 0 Å². The smallest absolute Gasteiger partial charge is 0.0908 e. The van der Waals surface area contributed by atoms with Crippen LogP contribution in [0.3, 0.4) is 0 Å². The Morgan fingerprint density at radius 1 is 1.08 bits per heavy atom. The Morgan fingerprint density at radius 2 is 1.92 bits per heavy atom. The fourth-order valence-electron chi connectivity index (χ4n) is 2.78. The summed E-state index contributed by atoms with van der Waals surface area (Å²) in [5.41, 5.74) is -0.723. The summed E-state index contributed by atoms with van der Waals surface area (Å²) >= 11 is 0. The molecule has 2 rings (SSSR count). The molecule has 0 aromatic carbocycles. The third kappa shape index (κ3) is 1.38. The van der Waals surface area contributed by atoms with Crippen molar-refractivity contribution in [2.75, 3.05) is 0 Å². The van der Waals surface area contributed by atoms with Gasteiger partial charge in [0.25, 0.3) is 0 Å². The van der Waals surface area contributed by atoms with E-state index in [1.165, 1.54) is 12.8 Å². The molecular formula is C10H18O2. The van der Waals surface area contributed by atoms with E-state index < -0.39 is 11.7 Å². The summed E-state index contributed by atoms with van der Waals surface area (Å²) in [7, 11) is 0. The predicted molar refractivity (Wildman–Crippen MR) is 46.8 cm³/mol. The molecule has 3 atom stereocenters. The first-order valence-corrected chi connectivity index (χ1v) is 5.11. The fraction of sp³-hybridized carbons (Fsp3) is 1.00. The molecular weight excluding hydrogens is 152 g/mol. The van der Waals surface area contributed by atoms with Crippen LogP contribution in [0.15, 0.2) is 0 Å². The zero-order valence-electron chi connectivity index (χ0n) is 7.50. The van der Waals surface area contributed by atoms with Crippen LogP contribution >= 0.6 is 0 Å². The quantitative estimate of drug-likeness (QED) is 0.577. The Labute approximate surface area is 73.6 Å². The first-order chi connectivity index (χ1) is 5.71. The van der Waals surface area contributed by atoms with Gasteiger partial charge in [-0.15, -0.1) is 0 Å². The maximum Gasteiger partial charge on any atom is 0.0908 e. The van der Waals surface area contributed by atoms with Gasteiger partial charge in [0.1, 0.15) is 0 Å². The van der Waals surface area contributed by atoms with Gasteiger partial charge in [0.2, 0.25) is 0 Å². The minimum Gasteiger partial charge on any atom is -0.390 e. The molecule has 2 saturated carbocycles. The molecule has 0 aliphatic heterocycles. The molecule has 70 valence electrons. The van der Waals surface area contributed by atoms with Crippen LogP contribution in [0.4, 0.5) is 0 Å². The summed E-state index contributed by atoms with van der Waals surface area (Å²) in [6, 6.07) is 0. The summed E-state index contributed by atoms with van der Waals surface area (Å²) < 4.78 is 0. The van der Waals surface area contributed by atoms with Crippen LogP contribution in [0.5, 0.6) is 0 Å². The second-order valence-corrected chi connectivity index (χ2v) is 4.51. The highest BCUT2D eigenvalue weighted by Gasteiger charge is 2.42. The number of aliphatic hydroxyl groups excluding tert-OH is 1. The molecule has 2 heteroatoms. The molecule has 0 heterocycles. The number of hydrogen-bond donors (Lipinski definition) is 2. The second-order valence-electron chi connectivity index (χ2n) is 4.51. The number of hydrogen-bond acceptors (Lipinski definition) is 2. The van der Waals surface area contributed by atoms with Gasteiger partial charge < -0.3 is 10.2 Å². The van der Waals surface area contributed by atoms with E-state index in [0.29, 0.717) is 5.92 Å². The molecule has 0 spiro atoms. The molecule has 0 saturated heterocycles. The molecule has 0 aromatic heterocycles. The maximum atomic E-state index is 10.1. The van der Waals surface area contributed by atoms with Crippen molar-refractivity contribution in [1.29, 1.82) is 0 Å². The van der Waals surface area contributed by atoms with E-state index in [4.69, 9.17) is 0 Å². The largest absolute Gasteiger partial charge is 0.390 e. The summed E-state index contributed by atoms with van der Waals surface area (Å²) in [6.07, 6.45) is 6.70. The van der Waals surface area contributed by atoms with Crippen LogP contribution in [-0.4, -0.2) is 21.9 Å². The molecule has 2 aliphatic rings. The molecule has 12 heavy (non-hydrogen) atoms. The molecule has 2 bridgehead atoms. The average molecular weight is 170 g/mol. The minimum absolute atomic E-state index is 0.452. The van der Waals surface area contributed by atoms with E-state index in [2.05, 4.69) is 0 Å². The van der Waals surface area contributed by atoms with Gasteiger partial charge in [-0.3, -0.25) is 0 Å². The standard InChI is InChI=1S/C10H18O2/c11-9-5-4-8-3-1-2-6-10(9,12)7-8/h8-9,11-12H,1-7H2/t8-,9-,10+/m1/s1. The zero-order chi connectivity index (χ0) is 8.60. The van der Waals surface area contributed by atoms with E-state index in [1.54, 1.807) is 0 Å². The highest BCUT2D eigenvalue weighted by molar-refractivity contribution is 4.94. The van der Waals surface area contributed by atoms with Gasteiger partial charge in [0.05, 0.1) is 11.7 Å². The fourth-order valence-corrected chi connectivity index (χ4v) is 2.78. The van der Waals surface area contributed by atoms with Gasteiger partial charge in [0.15, 0.2) is 0 Å². The zero-order valence-corrected chi connectivity index (χ0v) is 7.50. The van der Waals surface area contributed by atoms with Gasteiger partial charge in [-0.25, -0.2) is 0 Å². The van der Waals surface area contributed by atoms with Crippen molar-refractivity contribution in [2.24, 2.45) is 5.92 Å². The molecule has 2 fully saturated rings. The van der Waals surface area contributed by atoms with Crippen LogP contribution in [-0.2, 0) is 0 Å². The van der Waals surface area contributed by atoms with E-state index in [0.717, 1.165) is 32.1 Å². The van der Waals surface area contributed by atoms with Crippen LogP contribution in [0.1, 0.15) is 44.9 Å². The average Bonchev–Trinajstić information content (AvgIpc) is 2.20. The van der Waals surface area contributed by atoms with Crippen LogP contribution < -0.4 is 0 Å². The van der Waals surface area contributed by atoms with Gasteiger partial charge in [0, 0.05) is 0 Å². The summed E-state index contributed by atoms with van der Waals surface area (Å²) in [5.74, 6) is 0.681. The molecule has 2 aliphatic carbocycles. The van der Waals surface area contributed by atoms with Crippen molar-refractivity contribution < 1.29 is 10.2 Å². The summed E-state index contributed by atoms with van der Waals surface area (Å²) in [6.45, 7) is 0. The Hall–Kier alpha value is -0.0800. The minimum atomic E-state index is -0.723. The Kier molecular flexibility index (Phi) is 2.13. The highest BCUT2D eigenvalue weighted by atomic mass is 16.3. The first-order valence-electron chi connectivity index (χ1n) is 5.11. The molecule has 2 nitrogen and oxygen atoms in total. The van der Waals surface area contributed by atoms with E-state index in [1.807, 2.05) is 0 Å². The van der Waals surface area contributed by atoms with Crippen LogP contribution in [0, 0.1) is 5.92 Å². The summed E-state index contributed by atoms with van der Waals surface area (Å²) in [5, 5.41) is 19.8. The van der Waals surface area contributed by atoms with E-state index in [9.17, 15) is 10.2 Å². The van der Waals surface area contributed by atoms with Crippen molar-refractivity contribution in [3.8, 4) is 0 Å². The lowest BCUT2D eigenvalue weighted by atomic mass is 9.75. The topological polar surface area (TPSA) is 40.5 Å². The van der Waals surface area contributed by atoms with Gasteiger partial charge in [-0.1, -0.05) is 19.3 Å². The third-order valence-corrected chi connectivity index (χ3v) is 3.58. The first kappa shape index (κ1) is 8.52. The maximum absolute atomic E-state index is 10.1. The number of fused-ring (bicyclic) bond motifs is 2.